The Hall–Kier alpha value is -1.92. The number of nitrogens with zero attached hydrogens (tertiary/aromatic N) is 3. The molecule has 0 spiro atoms. The number of carbonyl (C=O) groups excluding carboxylic acids is 1. The number of benzene rings is 1. The van der Waals surface area contributed by atoms with Crippen LogP contribution in [0.15, 0.2) is 24.3 Å². The molecule has 2 aromatic rings. The summed E-state index contributed by atoms with van der Waals surface area (Å²) in [6, 6.07) is 6.45. The molecule has 1 aliphatic carbocycles. The third-order valence-electron chi connectivity index (χ3n) is 6.47. The predicted molar refractivity (Wildman–Crippen MR) is 122 cm³/mol. The van der Waals surface area contributed by atoms with E-state index in [9.17, 15) is 4.79 Å². The number of hydrogen-bond acceptors (Lipinski definition) is 5. The number of amides is 1. The van der Waals surface area contributed by atoms with Gasteiger partial charge in [0.2, 0.25) is 0 Å². The first kappa shape index (κ1) is 20.0. The van der Waals surface area contributed by atoms with Crippen LogP contribution in [0.3, 0.4) is 0 Å². The number of aromatic nitrogens is 1. The van der Waals surface area contributed by atoms with Crippen LogP contribution in [0.25, 0.3) is 15.9 Å². The van der Waals surface area contributed by atoms with Crippen molar-refractivity contribution in [1.29, 1.82) is 0 Å². The summed E-state index contributed by atoms with van der Waals surface area (Å²) in [4.78, 5) is 22.1. The van der Waals surface area contributed by atoms with Gasteiger partial charge in [-0.05, 0) is 64.1 Å². The van der Waals surface area contributed by atoms with Gasteiger partial charge >= 0.3 is 6.09 Å². The Morgan fingerprint density at radius 2 is 1.93 bits per heavy atom. The lowest BCUT2D eigenvalue weighted by Crippen LogP contribution is -2.39. The van der Waals surface area contributed by atoms with E-state index in [4.69, 9.17) is 9.72 Å². The highest BCUT2D eigenvalue weighted by Gasteiger charge is 2.56. The summed E-state index contributed by atoms with van der Waals surface area (Å²) in [5, 5.41) is 1.29. The highest BCUT2D eigenvalue weighted by molar-refractivity contribution is 7.18. The van der Waals surface area contributed by atoms with Crippen LogP contribution < -0.4 is 0 Å². The standard InChI is InChI=1S/C24H31N3O2S/c1-14-6-8-19(27(11-14)23(28)29-24(2,3)4)15-7-9-20-18(10-15)25-22(30-20)21-16-12-26(5)13-17(16)21/h7-10,14,16-17,21H,6,11-13H2,1-5H3/t14-,16-,17+,21?/m0/s1. The average Bonchev–Trinajstić information content (AvgIpc) is 3.00. The lowest BCUT2D eigenvalue weighted by Gasteiger charge is -2.33. The van der Waals surface area contributed by atoms with E-state index in [1.165, 1.54) is 22.8 Å². The van der Waals surface area contributed by atoms with E-state index in [2.05, 4.69) is 43.1 Å². The molecule has 1 amide bonds. The van der Waals surface area contributed by atoms with E-state index < -0.39 is 5.60 Å². The number of ether oxygens (including phenoxy) is 1. The molecule has 0 N–H and O–H groups in total. The summed E-state index contributed by atoms with van der Waals surface area (Å²) < 4.78 is 6.92. The highest BCUT2D eigenvalue weighted by Crippen LogP contribution is 2.58. The Labute approximate surface area is 182 Å². The fourth-order valence-electron chi connectivity index (χ4n) is 5.02. The summed E-state index contributed by atoms with van der Waals surface area (Å²) in [7, 11) is 2.21. The first-order valence-corrected chi connectivity index (χ1v) is 11.8. The maximum atomic E-state index is 12.9. The van der Waals surface area contributed by atoms with Crippen molar-refractivity contribution < 1.29 is 9.53 Å². The number of allylic oxidation sites excluding steroid dienone is 1. The third kappa shape index (κ3) is 3.65. The second-order valence-electron chi connectivity index (χ2n) is 10.3. The van der Waals surface area contributed by atoms with Crippen molar-refractivity contribution in [3.63, 3.8) is 0 Å². The van der Waals surface area contributed by atoms with E-state index in [1.807, 2.05) is 32.1 Å². The zero-order chi connectivity index (χ0) is 21.2. The van der Waals surface area contributed by atoms with Gasteiger partial charge in [-0.25, -0.2) is 9.78 Å². The SMILES string of the molecule is C[C@H]1CC=C(c2ccc3sc(C4[C@H]5CN(C)C[C@@H]45)nc3c2)N(C(=O)OC(C)(C)C)C1. The molecule has 160 valence electrons. The lowest BCUT2D eigenvalue weighted by molar-refractivity contribution is 0.0327. The van der Waals surface area contributed by atoms with Crippen LogP contribution in [0.2, 0.25) is 0 Å². The normalized spacial score (nSPS) is 29.1. The molecule has 0 bridgehead atoms. The number of rotatable bonds is 2. The van der Waals surface area contributed by atoms with Crippen molar-refractivity contribution in [2.75, 3.05) is 26.7 Å². The van der Waals surface area contributed by atoms with Crippen LogP contribution in [0.4, 0.5) is 4.79 Å². The van der Waals surface area contributed by atoms with Gasteiger partial charge in [0.1, 0.15) is 5.60 Å². The molecule has 5 nitrogen and oxygen atoms in total. The highest BCUT2D eigenvalue weighted by atomic mass is 32.1. The van der Waals surface area contributed by atoms with Crippen molar-refractivity contribution in [3.8, 4) is 0 Å². The zero-order valence-electron chi connectivity index (χ0n) is 18.5. The number of carbonyl (C=O) groups is 1. The maximum absolute atomic E-state index is 12.9. The minimum atomic E-state index is -0.507. The van der Waals surface area contributed by atoms with Gasteiger partial charge in [-0.1, -0.05) is 19.1 Å². The Kier molecular flexibility index (Phi) is 4.71. The van der Waals surface area contributed by atoms with Crippen molar-refractivity contribution in [2.24, 2.45) is 17.8 Å². The Morgan fingerprint density at radius 1 is 1.20 bits per heavy atom. The molecule has 3 heterocycles. The summed E-state index contributed by atoms with van der Waals surface area (Å²) in [6.07, 6.45) is 2.87. The van der Waals surface area contributed by atoms with Crippen molar-refractivity contribution in [3.05, 3.63) is 34.8 Å². The zero-order valence-corrected chi connectivity index (χ0v) is 19.3. The number of fused-ring (bicyclic) bond motifs is 2. The van der Waals surface area contributed by atoms with Gasteiger partial charge in [0.25, 0.3) is 0 Å². The van der Waals surface area contributed by atoms with Gasteiger partial charge in [0.15, 0.2) is 0 Å². The molecule has 1 aromatic heterocycles. The van der Waals surface area contributed by atoms with Gasteiger partial charge in [0, 0.05) is 31.1 Å². The molecule has 2 fully saturated rings. The summed E-state index contributed by atoms with van der Waals surface area (Å²) in [5.74, 6) is 2.65. The Balaban J connectivity index is 1.42. The van der Waals surface area contributed by atoms with Crippen molar-refractivity contribution in [2.45, 2.75) is 45.6 Å². The van der Waals surface area contributed by atoms with Gasteiger partial charge < -0.3 is 9.64 Å². The van der Waals surface area contributed by atoms with E-state index >= 15 is 0 Å². The second kappa shape index (κ2) is 7.06. The molecule has 6 heteroatoms. The van der Waals surface area contributed by atoms with Gasteiger partial charge in [-0.2, -0.15) is 0 Å². The summed E-state index contributed by atoms with van der Waals surface area (Å²) in [5.41, 5.74) is 2.54. The van der Waals surface area contributed by atoms with Crippen LogP contribution in [0, 0.1) is 17.8 Å². The predicted octanol–water partition coefficient (Wildman–Crippen LogP) is 5.19. The average molecular weight is 426 g/mol. The fourth-order valence-corrected chi connectivity index (χ4v) is 6.22. The van der Waals surface area contributed by atoms with E-state index in [0.717, 1.165) is 35.0 Å². The van der Waals surface area contributed by atoms with Crippen LogP contribution in [0.1, 0.15) is 50.6 Å². The van der Waals surface area contributed by atoms with E-state index in [1.54, 1.807) is 4.90 Å². The van der Waals surface area contributed by atoms with Gasteiger partial charge in [0.05, 0.1) is 20.9 Å². The summed E-state index contributed by atoms with van der Waals surface area (Å²) >= 11 is 1.84. The molecule has 1 aromatic carbocycles. The molecule has 0 radical (unpaired) electrons. The molecule has 1 saturated carbocycles. The third-order valence-corrected chi connectivity index (χ3v) is 7.61. The molecule has 1 saturated heterocycles. The fraction of sp³-hybridized carbons (Fsp3) is 0.583. The molecular weight excluding hydrogens is 394 g/mol. The minimum absolute atomic E-state index is 0.269. The Bertz CT molecular complexity index is 1010. The molecule has 30 heavy (non-hydrogen) atoms. The number of likely N-dealkylation sites (tertiary alicyclic amines) is 1. The monoisotopic (exact) mass is 425 g/mol. The van der Waals surface area contributed by atoms with Crippen molar-refractivity contribution in [1.82, 2.24) is 14.8 Å². The largest absolute Gasteiger partial charge is 0.443 e. The number of hydrogen-bond donors (Lipinski definition) is 0. The molecule has 1 unspecified atom stereocenters. The van der Waals surface area contributed by atoms with Crippen LogP contribution >= 0.6 is 11.3 Å². The molecule has 2 aliphatic heterocycles. The maximum Gasteiger partial charge on any atom is 0.414 e. The van der Waals surface area contributed by atoms with E-state index in [-0.39, 0.29) is 6.09 Å². The molecule has 4 atom stereocenters. The quantitative estimate of drug-likeness (QED) is 0.664. The topological polar surface area (TPSA) is 45.7 Å². The van der Waals surface area contributed by atoms with Crippen LogP contribution in [-0.2, 0) is 4.74 Å². The van der Waals surface area contributed by atoms with E-state index in [0.29, 0.717) is 18.4 Å². The number of piperidine rings is 1. The Morgan fingerprint density at radius 3 is 2.63 bits per heavy atom. The first-order valence-electron chi connectivity index (χ1n) is 11.0. The van der Waals surface area contributed by atoms with Crippen molar-refractivity contribution >= 4 is 33.3 Å². The smallest absolute Gasteiger partial charge is 0.414 e. The van der Waals surface area contributed by atoms with Crippen LogP contribution in [-0.4, -0.2) is 53.2 Å². The number of thiazole rings is 1. The van der Waals surface area contributed by atoms with Gasteiger partial charge in [-0.3, -0.25) is 4.90 Å². The lowest BCUT2D eigenvalue weighted by atomic mass is 9.98. The second-order valence-corrected chi connectivity index (χ2v) is 11.4. The molecular formula is C24H31N3O2S. The molecule has 3 aliphatic rings. The van der Waals surface area contributed by atoms with Gasteiger partial charge in [-0.15, -0.1) is 11.3 Å². The van der Waals surface area contributed by atoms with Crippen LogP contribution in [0.5, 0.6) is 0 Å². The molecule has 5 rings (SSSR count). The summed E-state index contributed by atoms with van der Waals surface area (Å²) in [6.45, 7) is 11.0. The minimum Gasteiger partial charge on any atom is -0.443 e. The first-order chi connectivity index (χ1) is 14.2.